The van der Waals surface area contributed by atoms with Crippen LogP contribution in [-0.4, -0.2) is 18.4 Å². The molecular weight excluding hydrogens is 256 g/mol. The standard InChI is InChI=1S/C15H18N2O3/c1-4-14(18)16-13-8-6-5-7-12(13)9-15(19)17-20-10-11(2)3/h4-8H,1-2,9-10H2,3H3,(H,16,18)(H,17,19). The van der Waals surface area contributed by atoms with Gasteiger partial charge >= 0.3 is 0 Å². The lowest BCUT2D eigenvalue weighted by Crippen LogP contribution is -2.26. The molecule has 5 nitrogen and oxygen atoms in total. The molecule has 2 amide bonds. The summed E-state index contributed by atoms with van der Waals surface area (Å²) in [5.74, 6) is -0.622. The average Bonchev–Trinajstić information content (AvgIpc) is 2.40. The maximum Gasteiger partial charge on any atom is 0.248 e. The number of rotatable bonds is 7. The second kappa shape index (κ2) is 7.91. The summed E-state index contributed by atoms with van der Waals surface area (Å²) in [4.78, 5) is 28.0. The van der Waals surface area contributed by atoms with E-state index in [-0.39, 0.29) is 24.8 Å². The van der Waals surface area contributed by atoms with Crippen molar-refractivity contribution in [1.29, 1.82) is 0 Å². The number of anilines is 1. The Labute approximate surface area is 118 Å². The van der Waals surface area contributed by atoms with Gasteiger partial charge in [-0.15, -0.1) is 0 Å². The van der Waals surface area contributed by atoms with Gasteiger partial charge in [-0.2, -0.15) is 0 Å². The monoisotopic (exact) mass is 274 g/mol. The molecule has 0 saturated heterocycles. The molecule has 0 aliphatic rings. The molecule has 0 heterocycles. The third kappa shape index (κ3) is 5.49. The Balaban J connectivity index is 2.62. The van der Waals surface area contributed by atoms with Crippen LogP contribution in [0.25, 0.3) is 0 Å². The van der Waals surface area contributed by atoms with Crippen LogP contribution in [0.4, 0.5) is 5.69 Å². The van der Waals surface area contributed by atoms with Gasteiger partial charge in [-0.1, -0.05) is 36.9 Å². The van der Waals surface area contributed by atoms with Gasteiger partial charge < -0.3 is 5.32 Å². The van der Waals surface area contributed by atoms with Gasteiger partial charge in [0.25, 0.3) is 0 Å². The van der Waals surface area contributed by atoms with Crippen molar-refractivity contribution in [1.82, 2.24) is 5.48 Å². The first-order chi connectivity index (χ1) is 9.52. The fraction of sp³-hybridized carbons (Fsp3) is 0.200. The summed E-state index contributed by atoms with van der Waals surface area (Å²) in [7, 11) is 0. The lowest BCUT2D eigenvalue weighted by Gasteiger charge is -2.10. The number of carbonyl (C=O) groups excluding carboxylic acids is 2. The molecule has 0 aliphatic carbocycles. The number of amides is 2. The second-order valence-electron chi connectivity index (χ2n) is 4.30. The fourth-order valence-electron chi connectivity index (χ4n) is 1.43. The molecule has 0 bridgehead atoms. The van der Waals surface area contributed by atoms with Gasteiger partial charge in [-0.05, 0) is 24.6 Å². The Bertz CT molecular complexity index is 524. The summed E-state index contributed by atoms with van der Waals surface area (Å²) in [5, 5.41) is 2.65. The quantitative estimate of drug-likeness (QED) is 0.454. The Morgan fingerprint density at radius 3 is 2.70 bits per heavy atom. The van der Waals surface area contributed by atoms with Crippen molar-refractivity contribution in [2.24, 2.45) is 0 Å². The number of benzene rings is 1. The molecule has 0 saturated carbocycles. The molecule has 0 aliphatic heterocycles. The van der Waals surface area contributed by atoms with Crippen LogP contribution in [0.15, 0.2) is 49.1 Å². The Morgan fingerprint density at radius 2 is 2.05 bits per heavy atom. The van der Waals surface area contributed by atoms with Crippen LogP contribution in [0.2, 0.25) is 0 Å². The molecule has 0 radical (unpaired) electrons. The molecule has 1 aromatic carbocycles. The smallest absolute Gasteiger partial charge is 0.248 e. The van der Waals surface area contributed by atoms with Crippen LogP contribution in [0.1, 0.15) is 12.5 Å². The highest BCUT2D eigenvalue weighted by Gasteiger charge is 2.09. The second-order valence-corrected chi connectivity index (χ2v) is 4.30. The molecule has 20 heavy (non-hydrogen) atoms. The molecular formula is C15H18N2O3. The minimum Gasteiger partial charge on any atom is -0.322 e. The third-order valence-electron chi connectivity index (χ3n) is 2.32. The first-order valence-corrected chi connectivity index (χ1v) is 6.09. The zero-order valence-corrected chi connectivity index (χ0v) is 11.4. The van der Waals surface area contributed by atoms with Crippen molar-refractivity contribution in [3.63, 3.8) is 0 Å². The van der Waals surface area contributed by atoms with E-state index in [0.717, 1.165) is 5.57 Å². The molecule has 0 fully saturated rings. The number of carbonyl (C=O) groups is 2. The van der Waals surface area contributed by atoms with E-state index in [4.69, 9.17) is 4.84 Å². The maximum atomic E-state index is 11.7. The zero-order valence-electron chi connectivity index (χ0n) is 11.4. The van der Waals surface area contributed by atoms with Gasteiger partial charge in [-0.25, -0.2) is 5.48 Å². The van der Waals surface area contributed by atoms with Crippen molar-refractivity contribution in [2.45, 2.75) is 13.3 Å². The first-order valence-electron chi connectivity index (χ1n) is 6.09. The largest absolute Gasteiger partial charge is 0.322 e. The predicted octanol–water partition coefficient (Wildman–Crippen LogP) is 1.98. The van der Waals surface area contributed by atoms with E-state index < -0.39 is 0 Å². The van der Waals surface area contributed by atoms with Crippen LogP contribution in [0.3, 0.4) is 0 Å². The van der Waals surface area contributed by atoms with E-state index >= 15 is 0 Å². The highest BCUT2D eigenvalue weighted by atomic mass is 16.6. The van der Waals surface area contributed by atoms with Crippen LogP contribution in [-0.2, 0) is 20.8 Å². The van der Waals surface area contributed by atoms with E-state index in [0.29, 0.717) is 11.3 Å². The van der Waals surface area contributed by atoms with Crippen LogP contribution >= 0.6 is 0 Å². The molecule has 0 unspecified atom stereocenters. The fourth-order valence-corrected chi connectivity index (χ4v) is 1.43. The third-order valence-corrected chi connectivity index (χ3v) is 2.32. The Hall–Kier alpha value is -2.40. The molecule has 1 aromatic rings. The lowest BCUT2D eigenvalue weighted by molar-refractivity contribution is -0.132. The summed E-state index contributed by atoms with van der Waals surface area (Å²) in [6.45, 7) is 9.11. The van der Waals surface area contributed by atoms with Gasteiger partial charge in [0.1, 0.15) is 0 Å². The average molecular weight is 274 g/mol. The summed E-state index contributed by atoms with van der Waals surface area (Å²) in [5.41, 5.74) is 4.40. The predicted molar refractivity (Wildman–Crippen MR) is 77.9 cm³/mol. The first kappa shape index (κ1) is 15.7. The van der Waals surface area contributed by atoms with Crippen molar-refractivity contribution in [3.05, 3.63) is 54.6 Å². The van der Waals surface area contributed by atoms with Crippen molar-refractivity contribution >= 4 is 17.5 Å². The van der Waals surface area contributed by atoms with Crippen LogP contribution in [0, 0.1) is 0 Å². The summed E-state index contributed by atoms with van der Waals surface area (Å²) < 4.78 is 0. The summed E-state index contributed by atoms with van der Waals surface area (Å²) >= 11 is 0. The van der Waals surface area contributed by atoms with Crippen molar-refractivity contribution < 1.29 is 14.4 Å². The van der Waals surface area contributed by atoms with Gasteiger partial charge in [-0.3, -0.25) is 14.4 Å². The lowest BCUT2D eigenvalue weighted by atomic mass is 10.1. The van der Waals surface area contributed by atoms with E-state index in [1.165, 1.54) is 6.08 Å². The Kier molecular flexibility index (Phi) is 6.19. The SMILES string of the molecule is C=CC(=O)Nc1ccccc1CC(=O)NOCC(=C)C. The molecule has 2 N–H and O–H groups in total. The minimum absolute atomic E-state index is 0.101. The van der Waals surface area contributed by atoms with Crippen LogP contribution in [0.5, 0.6) is 0 Å². The molecule has 1 rings (SSSR count). The molecule has 0 atom stereocenters. The van der Waals surface area contributed by atoms with E-state index in [2.05, 4.69) is 24.0 Å². The zero-order chi connectivity index (χ0) is 15.0. The molecule has 0 spiro atoms. The van der Waals surface area contributed by atoms with Gasteiger partial charge in [0.05, 0.1) is 13.0 Å². The molecule has 106 valence electrons. The highest BCUT2D eigenvalue weighted by Crippen LogP contribution is 2.15. The number of para-hydroxylation sites is 1. The maximum absolute atomic E-state index is 11.7. The van der Waals surface area contributed by atoms with E-state index in [1.54, 1.807) is 31.2 Å². The number of hydroxylamine groups is 1. The van der Waals surface area contributed by atoms with E-state index in [1.807, 2.05) is 0 Å². The topological polar surface area (TPSA) is 67.4 Å². The minimum atomic E-state index is -0.323. The summed E-state index contributed by atoms with van der Waals surface area (Å²) in [6.07, 6.45) is 1.27. The highest BCUT2D eigenvalue weighted by molar-refractivity contribution is 5.99. The number of hydrogen-bond acceptors (Lipinski definition) is 3. The Morgan fingerprint density at radius 1 is 1.35 bits per heavy atom. The number of nitrogens with one attached hydrogen (secondary N) is 2. The van der Waals surface area contributed by atoms with Crippen molar-refractivity contribution in [3.8, 4) is 0 Å². The van der Waals surface area contributed by atoms with Gasteiger partial charge in [0, 0.05) is 5.69 Å². The van der Waals surface area contributed by atoms with Crippen LogP contribution < -0.4 is 10.8 Å². The molecule has 0 aromatic heterocycles. The molecule has 5 heteroatoms. The van der Waals surface area contributed by atoms with Crippen molar-refractivity contribution in [2.75, 3.05) is 11.9 Å². The van der Waals surface area contributed by atoms with Gasteiger partial charge in [0.2, 0.25) is 11.8 Å². The number of hydrogen-bond donors (Lipinski definition) is 2. The van der Waals surface area contributed by atoms with E-state index in [9.17, 15) is 9.59 Å². The summed E-state index contributed by atoms with van der Waals surface area (Å²) in [6, 6.07) is 7.05. The van der Waals surface area contributed by atoms with Gasteiger partial charge in [0.15, 0.2) is 0 Å². The normalized spacial score (nSPS) is 9.65.